The van der Waals surface area contributed by atoms with Gasteiger partial charge in [-0.1, -0.05) is 6.92 Å². The third-order valence-corrected chi connectivity index (χ3v) is 3.60. The summed E-state index contributed by atoms with van der Waals surface area (Å²) in [5.74, 6) is 1.43. The van der Waals surface area contributed by atoms with Crippen LogP contribution in [-0.2, 0) is 4.74 Å². The van der Waals surface area contributed by atoms with Crippen molar-refractivity contribution in [3.63, 3.8) is 0 Å². The van der Waals surface area contributed by atoms with E-state index in [4.69, 9.17) is 14.2 Å². The topological polar surface area (TPSA) is 57.9 Å². The highest BCUT2D eigenvalue weighted by atomic mass is 16.5. The van der Waals surface area contributed by atoms with Crippen LogP contribution in [0.15, 0.2) is 42.6 Å². The molecule has 0 N–H and O–H groups in total. The first-order chi connectivity index (χ1) is 12.3. The van der Waals surface area contributed by atoms with Crippen LogP contribution in [-0.4, -0.2) is 41.0 Å². The molecule has 6 heteroatoms. The summed E-state index contributed by atoms with van der Waals surface area (Å²) < 4.78 is 18.2. The van der Waals surface area contributed by atoms with Gasteiger partial charge in [-0.3, -0.25) is 0 Å². The molecule has 6 nitrogen and oxygen atoms in total. The minimum Gasteiger partial charge on any atom is -0.491 e. The number of rotatable bonds is 9. The maximum Gasteiger partial charge on any atom is 0.231 e. The molecule has 0 spiro atoms. The Hall–Kier alpha value is -2.60. The summed E-state index contributed by atoms with van der Waals surface area (Å²) >= 11 is 0. The second-order valence-electron chi connectivity index (χ2n) is 5.52. The van der Waals surface area contributed by atoms with Crippen molar-refractivity contribution in [3.05, 3.63) is 42.6 Å². The van der Waals surface area contributed by atoms with Gasteiger partial charge in [0.15, 0.2) is 5.65 Å². The molecule has 0 aliphatic carbocycles. The van der Waals surface area contributed by atoms with Crippen LogP contribution < -0.4 is 9.47 Å². The van der Waals surface area contributed by atoms with Crippen LogP contribution in [0.2, 0.25) is 0 Å². The molecule has 0 unspecified atom stereocenters. The first-order valence-electron chi connectivity index (χ1n) is 8.60. The smallest absolute Gasteiger partial charge is 0.231 e. The number of hydrogen-bond donors (Lipinski definition) is 0. The van der Waals surface area contributed by atoms with E-state index in [-0.39, 0.29) is 0 Å². The fraction of sp³-hybridized carbons (Fsp3) is 0.368. The highest BCUT2D eigenvalue weighted by Crippen LogP contribution is 2.22. The highest BCUT2D eigenvalue weighted by molar-refractivity contribution is 5.63. The van der Waals surface area contributed by atoms with Gasteiger partial charge >= 0.3 is 0 Å². The van der Waals surface area contributed by atoms with Crippen LogP contribution in [0.4, 0.5) is 0 Å². The first kappa shape index (κ1) is 17.2. The summed E-state index contributed by atoms with van der Waals surface area (Å²) in [5, 5.41) is 4.43. The van der Waals surface area contributed by atoms with Crippen molar-refractivity contribution in [3.8, 4) is 22.9 Å². The van der Waals surface area contributed by atoms with Crippen molar-refractivity contribution in [2.45, 2.75) is 20.3 Å². The van der Waals surface area contributed by atoms with E-state index in [1.165, 1.54) is 0 Å². The standard InChI is InChI=1S/C19H23N3O3/c1-3-11-25-19-10-9-18-20-17(14-22(18)21-19)15-5-7-16(8-6-15)24-13-12-23-4-2/h5-10,14H,3-4,11-13H2,1-2H3. The Bertz CT molecular complexity index is 799. The fourth-order valence-corrected chi connectivity index (χ4v) is 2.37. The van der Waals surface area contributed by atoms with E-state index in [1.807, 2.05) is 49.5 Å². The van der Waals surface area contributed by atoms with E-state index in [2.05, 4.69) is 17.0 Å². The monoisotopic (exact) mass is 341 g/mol. The largest absolute Gasteiger partial charge is 0.491 e. The molecule has 0 atom stereocenters. The summed E-state index contributed by atoms with van der Waals surface area (Å²) in [6.45, 7) is 6.54. The Kier molecular flexibility index (Phi) is 5.85. The van der Waals surface area contributed by atoms with Gasteiger partial charge < -0.3 is 14.2 Å². The van der Waals surface area contributed by atoms with Gasteiger partial charge in [0, 0.05) is 18.2 Å². The third kappa shape index (κ3) is 4.48. The van der Waals surface area contributed by atoms with Gasteiger partial charge in [0.1, 0.15) is 12.4 Å². The zero-order valence-corrected chi connectivity index (χ0v) is 14.6. The van der Waals surface area contributed by atoms with E-state index in [1.54, 1.807) is 4.52 Å². The van der Waals surface area contributed by atoms with Gasteiger partial charge in [0.2, 0.25) is 5.88 Å². The lowest BCUT2D eigenvalue weighted by atomic mass is 10.2. The number of imidazole rings is 1. The van der Waals surface area contributed by atoms with Crippen molar-refractivity contribution >= 4 is 5.65 Å². The number of hydrogen-bond acceptors (Lipinski definition) is 5. The molecule has 0 amide bonds. The molecule has 0 saturated heterocycles. The van der Waals surface area contributed by atoms with Crippen LogP contribution in [0.1, 0.15) is 20.3 Å². The number of ether oxygens (including phenoxy) is 3. The first-order valence-corrected chi connectivity index (χ1v) is 8.60. The molecule has 2 heterocycles. The van der Waals surface area contributed by atoms with Crippen molar-refractivity contribution in [1.29, 1.82) is 0 Å². The van der Waals surface area contributed by atoms with Crippen LogP contribution in [0.25, 0.3) is 16.9 Å². The normalized spacial score (nSPS) is 11.0. The Morgan fingerprint density at radius 1 is 0.920 bits per heavy atom. The number of benzene rings is 1. The molecule has 1 aromatic carbocycles. The lowest BCUT2D eigenvalue weighted by molar-refractivity contribution is 0.110. The molecule has 0 aliphatic rings. The predicted octanol–water partition coefficient (Wildman–Crippen LogP) is 3.60. The van der Waals surface area contributed by atoms with Crippen LogP contribution in [0.5, 0.6) is 11.6 Å². The molecule has 25 heavy (non-hydrogen) atoms. The van der Waals surface area contributed by atoms with Gasteiger partial charge in [0.05, 0.1) is 25.1 Å². The predicted molar refractivity (Wildman–Crippen MR) is 96.2 cm³/mol. The molecule has 132 valence electrons. The molecular weight excluding hydrogens is 318 g/mol. The Labute approximate surface area is 147 Å². The molecule has 2 aromatic heterocycles. The molecule has 3 aromatic rings. The van der Waals surface area contributed by atoms with Gasteiger partial charge in [0.25, 0.3) is 0 Å². The van der Waals surface area contributed by atoms with Gasteiger partial charge in [-0.05, 0) is 43.7 Å². The summed E-state index contributed by atoms with van der Waals surface area (Å²) in [6, 6.07) is 11.6. The summed E-state index contributed by atoms with van der Waals surface area (Å²) in [6.07, 6.45) is 2.85. The lowest BCUT2D eigenvalue weighted by Gasteiger charge is -2.06. The Morgan fingerprint density at radius 3 is 2.52 bits per heavy atom. The summed E-state index contributed by atoms with van der Waals surface area (Å²) in [7, 11) is 0. The maximum atomic E-state index is 5.63. The summed E-state index contributed by atoms with van der Waals surface area (Å²) in [4.78, 5) is 4.60. The molecule has 0 aliphatic heterocycles. The van der Waals surface area contributed by atoms with Crippen molar-refractivity contribution < 1.29 is 14.2 Å². The Morgan fingerprint density at radius 2 is 1.76 bits per heavy atom. The van der Waals surface area contributed by atoms with E-state index in [9.17, 15) is 0 Å². The maximum absolute atomic E-state index is 5.63. The molecule has 3 rings (SSSR count). The number of nitrogens with zero attached hydrogens (tertiary/aromatic N) is 3. The van der Waals surface area contributed by atoms with Gasteiger partial charge in [-0.25, -0.2) is 9.50 Å². The molecule has 0 saturated carbocycles. The van der Waals surface area contributed by atoms with E-state index < -0.39 is 0 Å². The average Bonchev–Trinajstić information content (AvgIpc) is 3.07. The van der Waals surface area contributed by atoms with E-state index >= 15 is 0 Å². The number of fused-ring (bicyclic) bond motifs is 1. The third-order valence-electron chi connectivity index (χ3n) is 3.60. The fourth-order valence-electron chi connectivity index (χ4n) is 2.37. The quantitative estimate of drug-likeness (QED) is 0.557. The minimum atomic E-state index is 0.548. The zero-order valence-electron chi connectivity index (χ0n) is 14.6. The van der Waals surface area contributed by atoms with Crippen LogP contribution >= 0.6 is 0 Å². The molecule has 0 radical (unpaired) electrons. The van der Waals surface area contributed by atoms with E-state index in [0.29, 0.717) is 32.3 Å². The average molecular weight is 341 g/mol. The second kappa shape index (κ2) is 8.48. The van der Waals surface area contributed by atoms with Crippen molar-refractivity contribution in [2.24, 2.45) is 0 Å². The van der Waals surface area contributed by atoms with Crippen molar-refractivity contribution in [2.75, 3.05) is 26.4 Å². The lowest BCUT2D eigenvalue weighted by Crippen LogP contribution is -2.06. The molecule has 0 bridgehead atoms. The van der Waals surface area contributed by atoms with Gasteiger partial charge in [-0.15, -0.1) is 5.10 Å². The van der Waals surface area contributed by atoms with Crippen molar-refractivity contribution in [1.82, 2.24) is 14.6 Å². The minimum absolute atomic E-state index is 0.548. The molecular formula is C19H23N3O3. The van der Waals surface area contributed by atoms with E-state index in [0.717, 1.165) is 29.1 Å². The summed E-state index contributed by atoms with van der Waals surface area (Å²) in [5.41, 5.74) is 2.66. The van der Waals surface area contributed by atoms with Crippen LogP contribution in [0.3, 0.4) is 0 Å². The van der Waals surface area contributed by atoms with Gasteiger partial charge in [-0.2, -0.15) is 0 Å². The Balaban J connectivity index is 1.70. The highest BCUT2D eigenvalue weighted by Gasteiger charge is 2.07. The van der Waals surface area contributed by atoms with Crippen LogP contribution in [0, 0.1) is 0 Å². The second-order valence-corrected chi connectivity index (χ2v) is 5.52. The SMILES string of the molecule is CCCOc1ccc2nc(-c3ccc(OCCOCC)cc3)cn2n1. The zero-order chi connectivity index (χ0) is 17.5. The molecule has 0 fully saturated rings. The number of aromatic nitrogens is 3.